The molecule has 6 heteroatoms. The maximum Gasteiger partial charge on any atom is 0.242 e. The normalized spacial score (nSPS) is 18.1. The van der Waals surface area contributed by atoms with Crippen molar-refractivity contribution in [3.8, 4) is 0 Å². The summed E-state index contributed by atoms with van der Waals surface area (Å²) in [6.07, 6.45) is 5.39. The lowest BCUT2D eigenvalue weighted by molar-refractivity contribution is -0.121. The lowest BCUT2D eigenvalue weighted by atomic mass is 10.1. The molecule has 1 aromatic heterocycles. The molecule has 110 valence electrons. The Bertz CT molecular complexity index is 477. The molecule has 1 unspecified atom stereocenters. The van der Waals surface area contributed by atoms with Crippen molar-refractivity contribution >= 4 is 17.5 Å². The lowest BCUT2D eigenvalue weighted by Crippen LogP contribution is -2.42. The van der Waals surface area contributed by atoms with Crippen LogP contribution in [0.4, 0.5) is 11.6 Å². The molecule has 2 heterocycles. The van der Waals surface area contributed by atoms with Gasteiger partial charge in [-0.05, 0) is 19.3 Å². The Kier molecular flexibility index (Phi) is 4.76. The van der Waals surface area contributed by atoms with Crippen molar-refractivity contribution in [2.75, 3.05) is 30.9 Å². The Morgan fingerprint density at radius 3 is 2.90 bits per heavy atom. The molecule has 1 amide bonds. The van der Waals surface area contributed by atoms with E-state index in [9.17, 15) is 4.79 Å². The van der Waals surface area contributed by atoms with Crippen molar-refractivity contribution in [1.29, 1.82) is 0 Å². The topological polar surface area (TPSA) is 70.2 Å². The van der Waals surface area contributed by atoms with Crippen molar-refractivity contribution in [3.63, 3.8) is 0 Å². The van der Waals surface area contributed by atoms with E-state index in [4.69, 9.17) is 0 Å². The van der Waals surface area contributed by atoms with Crippen LogP contribution in [0.15, 0.2) is 6.33 Å². The number of likely N-dealkylation sites (N-methyl/N-ethyl adjacent to an activating group) is 1. The van der Waals surface area contributed by atoms with Gasteiger partial charge in [0.15, 0.2) is 0 Å². The van der Waals surface area contributed by atoms with E-state index in [1.807, 2.05) is 7.05 Å². The van der Waals surface area contributed by atoms with Gasteiger partial charge in [-0.25, -0.2) is 9.97 Å². The number of aromatic nitrogens is 2. The summed E-state index contributed by atoms with van der Waals surface area (Å²) < 4.78 is 0. The predicted octanol–water partition coefficient (Wildman–Crippen LogP) is 1.19. The fourth-order valence-corrected chi connectivity index (χ4v) is 2.81. The van der Waals surface area contributed by atoms with Crippen LogP contribution >= 0.6 is 0 Å². The average Bonchev–Trinajstić information content (AvgIpc) is 2.96. The fraction of sp³-hybridized carbons (Fsp3) is 0.643. The van der Waals surface area contributed by atoms with Gasteiger partial charge in [0, 0.05) is 26.2 Å². The number of nitrogens with one attached hydrogen (secondary N) is 2. The van der Waals surface area contributed by atoms with Crippen molar-refractivity contribution in [2.24, 2.45) is 0 Å². The van der Waals surface area contributed by atoms with E-state index in [-0.39, 0.29) is 11.9 Å². The Labute approximate surface area is 120 Å². The number of carbonyl (C=O) groups is 1. The summed E-state index contributed by atoms with van der Waals surface area (Å²) in [6.45, 7) is 3.01. The van der Waals surface area contributed by atoms with E-state index >= 15 is 0 Å². The average molecular weight is 277 g/mol. The molecule has 1 aliphatic rings. The zero-order valence-electron chi connectivity index (χ0n) is 12.4. The molecule has 6 nitrogen and oxygen atoms in total. The van der Waals surface area contributed by atoms with Crippen LogP contribution in [0, 0.1) is 0 Å². The van der Waals surface area contributed by atoms with Crippen molar-refractivity contribution < 1.29 is 4.79 Å². The van der Waals surface area contributed by atoms with E-state index in [1.54, 1.807) is 13.4 Å². The number of amides is 1. The summed E-state index contributed by atoms with van der Waals surface area (Å²) in [4.78, 5) is 22.9. The Hall–Kier alpha value is -1.85. The molecule has 2 rings (SSSR count). The lowest BCUT2D eigenvalue weighted by Gasteiger charge is -2.27. The molecule has 0 aliphatic carbocycles. The van der Waals surface area contributed by atoms with Gasteiger partial charge in [-0.2, -0.15) is 0 Å². The minimum Gasteiger partial charge on any atom is -0.373 e. The zero-order valence-corrected chi connectivity index (χ0v) is 12.4. The van der Waals surface area contributed by atoms with E-state index in [2.05, 4.69) is 32.4 Å². The van der Waals surface area contributed by atoms with Gasteiger partial charge in [-0.3, -0.25) is 4.79 Å². The summed E-state index contributed by atoms with van der Waals surface area (Å²) in [5.74, 6) is 1.83. The van der Waals surface area contributed by atoms with Gasteiger partial charge in [-0.1, -0.05) is 13.3 Å². The maximum atomic E-state index is 12.0. The third kappa shape index (κ3) is 2.69. The van der Waals surface area contributed by atoms with Crippen LogP contribution in [-0.4, -0.2) is 42.6 Å². The molecule has 0 aromatic carbocycles. The van der Waals surface area contributed by atoms with E-state index < -0.39 is 0 Å². The third-order valence-corrected chi connectivity index (χ3v) is 3.73. The quantitative estimate of drug-likeness (QED) is 0.846. The second-order valence-electron chi connectivity index (χ2n) is 4.99. The van der Waals surface area contributed by atoms with Crippen molar-refractivity contribution in [3.05, 3.63) is 11.9 Å². The van der Waals surface area contributed by atoms with Gasteiger partial charge in [0.1, 0.15) is 24.0 Å². The largest absolute Gasteiger partial charge is 0.373 e. The summed E-state index contributed by atoms with van der Waals surface area (Å²) in [7, 11) is 3.55. The molecule has 1 fully saturated rings. The number of rotatable bonds is 5. The predicted molar refractivity (Wildman–Crippen MR) is 80.0 cm³/mol. The molecule has 2 N–H and O–H groups in total. The highest BCUT2D eigenvalue weighted by molar-refractivity contribution is 5.85. The fourth-order valence-electron chi connectivity index (χ4n) is 2.81. The minimum atomic E-state index is -0.116. The van der Waals surface area contributed by atoms with Crippen LogP contribution in [0.3, 0.4) is 0 Å². The molecule has 0 radical (unpaired) electrons. The van der Waals surface area contributed by atoms with Gasteiger partial charge >= 0.3 is 0 Å². The van der Waals surface area contributed by atoms with Crippen LogP contribution in [-0.2, 0) is 11.2 Å². The monoisotopic (exact) mass is 277 g/mol. The molecule has 1 aromatic rings. The number of hydrogen-bond acceptors (Lipinski definition) is 5. The van der Waals surface area contributed by atoms with E-state index in [1.165, 1.54) is 0 Å². The van der Waals surface area contributed by atoms with Crippen LogP contribution in [0.2, 0.25) is 0 Å². The highest BCUT2D eigenvalue weighted by Crippen LogP contribution is 2.30. The molecule has 20 heavy (non-hydrogen) atoms. The van der Waals surface area contributed by atoms with Crippen LogP contribution in [0.5, 0.6) is 0 Å². The molecular formula is C14H23N5O. The second kappa shape index (κ2) is 6.54. The highest BCUT2D eigenvalue weighted by Gasteiger charge is 2.32. The smallest absolute Gasteiger partial charge is 0.242 e. The van der Waals surface area contributed by atoms with E-state index in [0.717, 1.165) is 49.4 Å². The highest BCUT2D eigenvalue weighted by atomic mass is 16.2. The second-order valence-corrected chi connectivity index (χ2v) is 4.99. The number of carbonyl (C=O) groups excluding carboxylic acids is 1. The van der Waals surface area contributed by atoms with Gasteiger partial charge in [-0.15, -0.1) is 0 Å². The first-order chi connectivity index (χ1) is 9.72. The first-order valence-corrected chi connectivity index (χ1v) is 7.22. The standard InChI is InChI=1S/C14H23N5O/c1-4-6-10-12(15-2)17-9-18-13(10)19-8-5-7-11(19)14(20)16-3/h9,11H,4-8H2,1-3H3,(H,16,20)(H,15,17,18). The molecule has 0 saturated carbocycles. The summed E-state index contributed by atoms with van der Waals surface area (Å²) >= 11 is 0. The summed E-state index contributed by atoms with van der Waals surface area (Å²) in [6, 6.07) is -0.116. The molecule has 0 spiro atoms. The van der Waals surface area contributed by atoms with Crippen LogP contribution in [0.25, 0.3) is 0 Å². The molecule has 1 saturated heterocycles. The number of nitrogens with zero attached hydrogens (tertiary/aromatic N) is 3. The Morgan fingerprint density at radius 2 is 2.25 bits per heavy atom. The Morgan fingerprint density at radius 1 is 1.45 bits per heavy atom. The SMILES string of the molecule is CCCc1c(NC)ncnc1N1CCCC1C(=O)NC. The van der Waals surface area contributed by atoms with Gasteiger partial charge in [0.2, 0.25) is 5.91 Å². The first-order valence-electron chi connectivity index (χ1n) is 7.22. The maximum absolute atomic E-state index is 12.0. The first kappa shape index (κ1) is 14.6. The minimum absolute atomic E-state index is 0.0644. The molecule has 1 aliphatic heterocycles. The van der Waals surface area contributed by atoms with Gasteiger partial charge in [0.25, 0.3) is 0 Å². The molecular weight excluding hydrogens is 254 g/mol. The number of anilines is 2. The zero-order chi connectivity index (χ0) is 14.5. The van der Waals surface area contributed by atoms with Gasteiger partial charge in [0.05, 0.1) is 0 Å². The van der Waals surface area contributed by atoms with Crippen LogP contribution in [0.1, 0.15) is 31.7 Å². The van der Waals surface area contributed by atoms with E-state index in [0.29, 0.717) is 0 Å². The van der Waals surface area contributed by atoms with Crippen LogP contribution < -0.4 is 15.5 Å². The van der Waals surface area contributed by atoms with Crippen molar-refractivity contribution in [1.82, 2.24) is 15.3 Å². The summed E-state index contributed by atoms with van der Waals surface area (Å²) in [5.41, 5.74) is 1.10. The van der Waals surface area contributed by atoms with Gasteiger partial charge < -0.3 is 15.5 Å². The Balaban J connectivity index is 2.38. The summed E-state index contributed by atoms with van der Waals surface area (Å²) in [5, 5.41) is 5.87. The number of hydrogen-bond donors (Lipinski definition) is 2. The molecule has 1 atom stereocenters. The molecule has 0 bridgehead atoms. The third-order valence-electron chi connectivity index (χ3n) is 3.73. The van der Waals surface area contributed by atoms with Crippen molar-refractivity contribution in [2.45, 2.75) is 38.6 Å².